The number of amides is 1. The summed E-state index contributed by atoms with van der Waals surface area (Å²) in [5.74, 6) is -8.41. The van der Waals surface area contributed by atoms with Gasteiger partial charge in [0.25, 0.3) is 5.91 Å². The first-order chi connectivity index (χ1) is 11.0. The molecule has 3 aromatic carbocycles. The number of hydrogen-bond donors (Lipinski definition) is 1. The third-order valence-corrected chi connectivity index (χ3v) is 3.35. The molecule has 6 heteroatoms. The van der Waals surface area contributed by atoms with Gasteiger partial charge in [0.2, 0.25) is 0 Å². The minimum atomic E-state index is -2.02. The number of benzene rings is 3. The highest BCUT2D eigenvalue weighted by Gasteiger charge is 2.23. The van der Waals surface area contributed by atoms with Crippen LogP contribution in [0.3, 0.4) is 0 Å². The zero-order chi connectivity index (χ0) is 16.6. The van der Waals surface area contributed by atoms with Crippen LogP contribution in [0.1, 0.15) is 10.4 Å². The molecule has 1 amide bonds. The van der Waals surface area contributed by atoms with Gasteiger partial charge in [-0.05, 0) is 29.0 Å². The zero-order valence-corrected chi connectivity index (χ0v) is 11.5. The highest BCUT2D eigenvalue weighted by Crippen LogP contribution is 2.22. The maximum atomic E-state index is 13.6. The lowest BCUT2D eigenvalue weighted by molar-refractivity contribution is 0.102. The first-order valence-electron chi connectivity index (χ1n) is 6.60. The Hall–Kier alpha value is -2.89. The number of nitrogens with one attached hydrogen (secondary N) is 1. The number of fused-ring (bicyclic) bond motifs is 1. The number of hydrogen-bond acceptors (Lipinski definition) is 1. The average Bonchev–Trinajstić information content (AvgIpc) is 2.56. The summed E-state index contributed by atoms with van der Waals surface area (Å²) in [6, 6.07) is 12.6. The molecule has 0 saturated heterocycles. The summed E-state index contributed by atoms with van der Waals surface area (Å²) in [6.07, 6.45) is 0. The second-order valence-electron chi connectivity index (χ2n) is 4.86. The zero-order valence-electron chi connectivity index (χ0n) is 11.5. The van der Waals surface area contributed by atoms with Gasteiger partial charge in [-0.25, -0.2) is 17.6 Å². The predicted molar refractivity (Wildman–Crippen MR) is 78.2 cm³/mol. The molecule has 0 aliphatic heterocycles. The second kappa shape index (κ2) is 5.72. The summed E-state index contributed by atoms with van der Waals surface area (Å²) in [5, 5.41) is 4.08. The third kappa shape index (κ3) is 2.75. The van der Waals surface area contributed by atoms with E-state index in [0.717, 1.165) is 10.8 Å². The first kappa shape index (κ1) is 15.0. The van der Waals surface area contributed by atoms with Crippen molar-refractivity contribution in [2.24, 2.45) is 0 Å². The van der Waals surface area contributed by atoms with Crippen molar-refractivity contribution in [3.05, 3.63) is 77.4 Å². The minimum Gasteiger partial charge on any atom is -0.322 e. The van der Waals surface area contributed by atoms with Crippen molar-refractivity contribution in [2.75, 3.05) is 5.32 Å². The Morgan fingerprint density at radius 2 is 1.48 bits per heavy atom. The molecule has 3 rings (SSSR count). The van der Waals surface area contributed by atoms with Gasteiger partial charge in [0, 0.05) is 5.69 Å². The third-order valence-electron chi connectivity index (χ3n) is 3.35. The summed E-state index contributed by atoms with van der Waals surface area (Å²) >= 11 is 0. The van der Waals surface area contributed by atoms with Crippen molar-refractivity contribution in [1.29, 1.82) is 0 Å². The van der Waals surface area contributed by atoms with Crippen molar-refractivity contribution in [1.82, 2.24) is 0 Å². The second-order valence-corrected chi connectivity index (χ2v) is 4.86. The SMILES string of the molecule is O=C(Nc1ccc2ccccc2c1)c1cc(F)c(F)c(F)c1F. The van der Waals surface area contributed by atoms with Gasteiger partial charge >= 0.3 is 0 Å². The van der Waals surface area contributed by atoms with E-state index in [1.54, 1.807) is 24.3 Å². The van der Waals surface area contributed by atoms with E-state index in [1.807, 2.05) is 18.2 Å². The first-order valence-corrected chi connectivity index (χ1v) is 6.60. The van der Waals surface area contributed by atoms with Gasteiger partial charge in [0.1, 0.15) is 0 Å². The van der Waals surface area contributed by atoms with Gasteiger partial charge in [0.15, 0.2) is 23.3 Å². The lowest BCUT2D eigenvalue weighted by Crippen LogP contribution is -2.16. The Labute approximate surface area is 128 Å². The Bertz CT molecular complexity index is 924. The molecule has 23 heavy (non-hydrogen) atoms. The van der Waals surface area contributed by atoms with Crippen LogP contribution in [-0.2, 0) is 0 Å². The van der Waals surface area contributed by atoms with Crippen LogP contribution < -0.4 is 5.32 Å². The summed E-state index contributed by atoms with van der Waals surface area (Å²) in [6.45, 7) is 0. The Balaban J connectivity index is 1.94. The van der Waals surface area contributed by atoms with E-state index in [0.29, 0.717) is 11.8 Å². The summed E-state index contributed by atoms with van der Waals surface area (Å²) < 4.78 is 52.9. The number of anilines is 1. The van der Waals surface area contributed by atoms with Crippen LogP contribution in [-0.4, -0.2) is 5.91 Å². The molecule has 0 aliphatic rings. The molecule has 0 spiro atoms. The monoisotopic (exact) mass is 319 g/mol. The minimum absolute atomic E-state index is 0.318. The molecular weight excluding hydrogens is 310 g/mol. The Morgan fingerprint density at radius 1 is 0.783 bits per heavy atom. The quantitative estimate of drug-likeness (QED) is 0.416. The molecule has 0 unspecified atom stereocenters. The van der Waals surface area contributed by atoms with Gasteiger partial charge in [-0.1, -0.05) is 30.3 Å². The van der Waals surface area contributed by atoms with Crippen molar-refractivity contribution in [3.63, 3.8) is 0 Å². The summed E-state index contributed by atoms with van der Waals surface area (Å²) in [4.78, 5) is 12.0. The molecule has 2 nitrogen and oxygen atoms in total. The van der Waals surface area contributed by atoms with Crippen LogP contribution in [0.5, 0.6) is 0 Å². The van der Waals surface area contributed by atoms with Crippen LogP contribution in [0.2, 0.25) is 0 Å². The predicted octanol–water partition coefficient (Wildman–Crippen LogP) is 4.65. The van der Waals surface area contributed by atoms with E-state index in [2.05, 4.69) is 5.32 Å². The van der Waals surface area contributed by atoms with Gasteiger partial charge in [0.05, 0.1) is 5.56 Å². The molecule has 1 N–H and O–H groups in total. The molecule has 0 aliphatic carbocycles. The number of rotatable bonds is 2. The van der Waals surface area contributed by atoms with Crippen LogP contribution in [0.15, 0.2) is 48.5 Å². The fraction of sp³-hybridized carbons (Fsp3) is 0. The highest BCUT2D eigenvalue weighted by molar-refractivity contribution is 6.05. The van der Waals surface area contributed by atoms with Gasteiger partial charge in [-0.2, -0.15) is 0 Å². The van der Waals surface area contributed by atoms with Crippen molar-refractivity contribution >= 4 is 22.4 Å². The number of carbonyl (C=O) groups excluding carboxylic acids is 1. The maximum Gasteiger partial charge on any atom is 0.258 e. The van der Waals surface area contributed by atoms with E-state index < -0.39 is 34.7 Å². The van der Waals surface area contributed by atoms with Gasteiger partial charge < -0.3 is 5.32 Å². The lowest BCUT2D eigenvalue weighted by Gasteiger charge is -2.08. The number of carbonyl (C=O) groups is 1. The van der Waals surface area contributed by atoms with Crippen molar-refractivity contribution < 1.29 is 22.4 Å². The van der Waals surface area contributed by atoms with Crippen LogP contribution in [0.4, 0.5) is 23.2 Å². The molecule has 0 saturated carbocycles. The van der Waals surface area contributed by atoms with E-state index in [-0.39, 0.29) is 0 Å². The Kier molecular flexibility index (Phi) is 3.73. The Morgan fingerprint density at radius 3 is 2.22 bits per heavy atom. The van der Waals surface area contributed by atoms with E-state index in [9.17, 15) is 22.4 Å². The molecule has 0 aromatic heterocycles. The van der Waals surface area contributed by atoms with Crippen molar-refractivity contribution in [2.45, 2.75) is 0 Å². The fourth-order valence-corrected chi connectivity index (χ4v) is 2.20. The molecule has 3 aromatic rings. The van der Waals surface area contributed by atoms with Crippen molar-refractivity contribution in [3.8, 4) is 0 Å². The molecular formula is C17H9F4NO. The molecule has 0 heterocycles. The van der Waals surface area contributed by atoms with E-state index in [1.165, 1.54) is 0 Å². The fourth-order valence-electron chi connectivity index (χ4n) is 2.20. The van der Waals surface area contributed by atoms with Crippen LogP contribution >= 0.6 is 0 Å². The average molecular weight is 319 g/mol. The molecule has 116 valence electrons. The highest BCUT2D eigenvalue weighted by atomic mass is 19.2. The smallest absolute Gasteiger partial charge is 0.258 e. The molecule has 0 bridgehead atoms. The molecule has 0 radical (unpaired) electrons. The lowest BCUT2D eigenvalue weighted by atomic mass is 10.1. The standard InChI is InChI=1S/C17H9F4NO/c18-13-8-12(14(19)16(21)15(13)20)17(23)22-11-6-5-9-3-1-2-4-10(9)7-11/h1-8H,(H,22,23). The summed E-state index contributed by atoms with van der Waals surface area (Å²) in [5.41, 5.74) is -0.590. The largest absolute Gasteiger partial charge is 0.322 e. The van der Waals surface area contributed by atoms with E-state index in [4.69, 9.17) is 0 Å². The van der Waals surface area contributed by atoms with E-state index >= 15 is 0 Å². The van der Waals surface area contributed by atoms with Gasteiger partial charge in [-0.15, -0.1) is 0 Å². The molecule has 0 fully saturated rings. The van der Waals surface area contributed by atoms with Crippen LogP contribution in [0, 0.1) is 23.3 Å². The summed E-state index contributed by atoms with van der Waals surface area (Å²) in [7, 11) is 0. The topological polar surface area (TPSA) is 29.1 Å². The van der Waals surface area contributed by atoms with Gasteiger partial charge in [-0.3, -0.25) is 4.79 Å². The number of halogens is 4. The normalized spacial score (nSPS) is 10.8. The molecule has 0 atom stereocenters. The van der Waals surface area contributed by atoms with Crippen LogP contribution in [0.25, 0.3) is 10.8 Å². The maximum absolute atomic E-state index is 13.6.